The molecule has 1 aromatic carbocycles. The molecule has 2 aromatic rings. The van der Waals surface area contributed by atoms with Crippen LogP contribution in [0.15, 0.2) is 30.3 Å². The number of nitrogens with zero attached hydrogens (tertiary/aromatic N) is 5. The zero-order valence-electron chi connectivity index (χ0n) is 19.2. The summed E-state index contributed by atoms with van der Waals surface area (Å²) >= 11 is 0. The van der Waals surface area contributed by atoms with Gasteiger partial charge in [0, 0.05) is 58.0 Å². The van der Waals surface area contributed by atoms with E-state index in [1.165, 1.54) is 12.8 Å². The maximum Gasteiger partial charge on any atom is 0.254 e. The summed E-state index contributed by atoms with van der Waals surface area (Å²) in [6.45, 7) is 4.77. The number of hydrogen-bond acceptors (Lipinski definition) is 6. The Morgan fingerprint density at radius 1 is 1.12 bits per heavy atom. The van der Waals surface area contributed by atoms with Gasteiger partial charge in [0.1, 0.15) is 5.82 Å². The Labute approximate surface area is 189 Å². The minimum atomic E-state index is -0.113. The molecular weight excluding hydrogens is 404 g/mol. The molecule has 2 aliphatic heterocycles. The summed E-state index contributed by atoms with van der Waals surface area (Å²) < 4.78 is 0. The van der Waals surface area contributed by atoms with Crippen LogP contribution in [0.2, 0.25) is 0 Å². The molecule has 8 nitrogen and oxygen atoms in total. The van der Waals surface area contributed by atoms with E-state index in [1.807, 2.05) is 36.2 Å². The quantitative estimate of drug-likeness (QED) is 0.750. The number of likely N-dealkylation sites (tertiary alicyclic amines) is 1. The van der Waals surface area contributed by atoms with Gasteiger partial charge in [-0.25, -0.2) is 9.97 Å². The van der Waals surface area contributed by atoms with E-state index in [4.69, 9.17) is 4.98 Å². The number of rotatable bonds is 6. The second-order valence-corrected chi connectivity index (χ2v) is 8.63. The first-order valence-electron chi connectivity index (χ1n) is 11.4. The normalized spacial score (nSPS) is 18.2. The van der Waals surface area contributed by atoms with Crippen molar-refractivity contribution in [1.82, 2.24) is 19.8 Å². The minimum Gasteiger partial charge on any atom is -0.373 e. The van der Waals surface area contributed by atoms with E-state index in [-0.39, 0.29) is 17.9 Å². The molecule has 0 saturated carbocycles. The summed E-state index contributed by atoms with van der Waals surface area (Å²) in [6.07, 6.45) is 4.19. The smallest absolute Gasteiger partial charge is 0.254 e. The molecule has 0 spiro atoms. The van der Waals surface area contributed by atoms with Crippen molar-refractivity contribution in [2.45, 2.75) is 45.2 Å². The first-order valence-corrected chi connectivity index (χ1v) is 11.4. The standard InChI is InChI=1S/C24H32N6O2/c1-17(31)30-13-7-10-21(30)23-26-19(15-22(25-2)27-23)16-28(3)24(32)18-8-6-9-20(14-18)29-11-4-5-12-29/h6,8-9,14-15,21H,4-5,7,10-13,16H2,1-3H3,(H,25,26,27)/t21-/m1/s1. The van der Waals surface area contributed by atoms with Crippen molar-refractivity contribution in [3.8, 4) is 0 Å². The predicted octanol–water partition coefficient (Wildman–Crippen LogP) is 3.07. The molecule has 2 amide bonds. The molecule has 1 atom stereocenters. The topological polar surface area (TPSA) is 81.7 Å². The van der Waals surface area contributed by atoms with E-state index in [1.54, 1.807) is 18.9 Å². The summed E-state index contributed by atoms with van der Waals surface area (Å²) in [7, 11) is 3.61. The molecule has 4 rings (SSSR count). The Bertz CT molecular complexity index is 988. The van der Waals surface area contributed by atoms with E-state index in [2.05, 4.69) is 21.3 Å². The van der Waals surface area contributed by atoms with Crippen LogP contribution in [-0.4, -0.2) is 65.3 Å². The van der Waals surface area contributed by atoms with Crippen molar-refractivity contribution < 1.29 is 9.59 Å². The molecule has 0 aliphatic carbocycles. The van der Waals surface area contributed by atoms with Gasteiger partial charge < -0.3 is 20.0 Å². The summed E-state index contributed by atoms with van der Waals surface area (Å²) in [4.78, 5) is 40.4. The highest BCUT2D eigenvalue weighted by atomic mass is 16.2. The van der Waals surface area contributed by atoms with Crippen LogP contribution >= 0.6 is 0 Å². The van der Waals surface area contributed by atoms with Gasteiger partial charge in [-0.05, 0) is 43.9 Å². The molecule has 0 unspecified atom stereocenters. The van der Waals surface area contributed by atoms with Gasteiger partial charge in [0.25, 0.3) is 5.91 Å². The number of nitrogens with one attached hydrogen (secondary N) is 1. The Hall–Kier alpha value is -3.16. The van der Waals surface area contributed by atoms with Crippen molar-refractivity contribution in [3.05, 3.63) is 47.4 Å². The fourth-order valence-corrected chi connectivity index (χ4v) is 4.63. The lowest BCUT2D eigenvalue weighted by molar-refractivity contribution is -0.129. The number of anilines is 2. The second kappa shape index (κ2) is 9.54. The van der Waals surface area contributed by atoms with Crippen LogP contribution in [0.25, 0.3) is 0 Å². The lowest BCUT2D eigenvalue weighted by atomic mass is 10.1. The monoisotopic (exact) mass is 436 g/mol. The Kier molecular flexibility index (Phi) is 6.58. The molecule has 2 fully saturated rings. The fourth-order valence-electron chi connectivity index (χ4n) is 4.63. The van der Waals surface area contributed by atoms with Crippen molar-refractivity contribution in [2.24, 2.45) is 0 Å². The SMILES string of the molecule is CNc1cc(CN(C)C(=O)c2cccc(N3CCCC3)c2)nc([C@H]2CCCN2C(C)=O)n1. The number of carbonyl (C=O) groups is 2. The molecule has 2 saturated heterocycles. The van der Waals surface area contributed by atoms with Crippen molar-refractivity contribution in [1.29, 1.82) is 0 Å². The van der Waals surface area contributed by atoms with E-state index in [0.717, 1.165) is 43.9 Å². The Balaban J connectivity index is 1.52. The van der Waals surface area contributed by atoms with E-state index >= 15 is 0 Å². The zero-order valence-corrected chi connectivity index (χ0v) is 19.2. The van der Waals surface area contributed by atoms with Gasteiger partial charge in [-0.15, -0.1) is 0 Å². The highest BCUT2D eigenvalue weighted by Crippen LogP contribution is 2.30. The molecule has 1 N–H and O–H groups in total. The third-order valence-corrected chi connectivity index (χ3v) is 6.32. The number of amides is 2. The summed E-state index contributed by atoms with van der Waals surface area (Å²) in [5.74, 6) is 1.33. The van der Waals surface area contributed by atoms with Crippen LogP contribution in [-0.2, 0) is 11.3 Å². The van der Waals surface area contributed by atoms with Gasteiger partial charge in [0.05, 0.1) is 18.3 Å². The summed E-state index contributed by atoms with van der Waals surface area (Å²) in [6, 6.07) is 9.62. The first kappa shape index (κ1) is 22.0. The second-order valence-electron chi connectivity index (χ2n) is 8.63. The van der Waals surface area contributed by atoms with Crippen molar-refractivity contribution in [3.63, 3.8) is 0 Å². The van der Waals surface area contributed by atoms with Crippen LogP contribution in [0.1, 0.15) is 60.5 Å². The van der Waals surface area contributed by atoms with Crippen molar-refractivity contribution >= 4 is 23.3 Å². The maximum atomic E-state index is 13.1. The average Bonchev–Trinajstić information content (AvgIpc) is 3.50. The summed E-state index contributed by atoms with van der Waals surface area (Å²) in [5, 5.41) is 3.08. The van der Waals surface area contributed by atoms with Crippen LogP contribution in [0.4, 0.5) is 11.5 Å². The lowest BCUT2D eigenvalue weighted by Crippen LogP contribution is -2.30. The van der Waals surface area contributed by atoms with Crippen LogP contribution in [0.3, 0.4) is 0 Å². The van der Waals surface area contributed by atoms with Gasteiger partial charge in [-0.3, -0.25) is 9.59 Å². The molecular formula is C24H32N6O2. The van der Waals surface area contributed by atoms with Crippen molar-refractivity contribution in [2.75, 3.05) is 43.9 Å². The molecule has 3 heterocycles. The zero-order chi connectivity index (χ0) is 22.7. The minimum absolute atomic E-state index is 0.0385. The number of carbonyl (C=O) groups excluding carboxylic acids is 2. The summed E-state index contributed by atoms with van der Waals surface area (Å²) in [5.41, 5.74) is 2.54. The van der Waals surface area contributed by atoms with E-state index in [9.17, 15) is 9.59 Å². The molecule has 170 valence electrons. The van der Waals surface area contributed by atoms with Crippen LogP contribution in [0, 0.1) is 0 Å². The molecule has 8 heteroatoms. The predicted molar refractivity (Wildman–Crippen MR) is 125 cm³/mol. The van der Waals surface area contributed by atoms with E-state index < -0.39 is 0 Å². The van der Waals surface area contributed by atoms with Gasteiger partial charge in [0.2, 0.25) is 5.91 Å². The highest BCUT2D eigenvalue weighted by molar-refractivity contribution is 5.95. The van der Waals surface area contributed by atoms with E-state index in [0.29, 0.717) is 23.8 Å². The van der Waals surface area contributed by atoms with Crippen LogP contribution in [0.5, 0.6) is 0 Å². The highest BCUT2D eigenvalue weighted by Gasteiger charge is 2.30. The lowest BCUT2D eigenvalue weighted by Gasteiger charge is -2.24. The van der Waals surface area contributed by atoms with Gasteiger partial charge >= 0.3 is 0 Å². The number of aromatic nitrogens is 2. The number of benzene rings is 1. The molecule has 32 heavy (non-hydrogen) atoms. The third kappa shape index (κ3) is 4.69. The third-order valence-electron chi connectivity index (χ3n) is 6.32. The first-order chi connectivity index (χ1) is 15.5. The fraction of sp³-hybridized carbons (Fsp3) is 0.500. The largest absolute Gasteiger partial charge is 0.373 e. The maximum absolute atomic E-state index is 13.1. The molecule has 0 bridgehead atoms. The Morgan fingerprint density at radius 3 is 2.62 bits per heavy atom. The number of hydrogen-bond donors (Lipinski definition) is 1. The van der Waals surface area contributed by atoms with Gasteiger partial charge in [-0.2, -0.15) is 0 Å². The van der Waals surface area contributed by atoms with Gasteiger partial charge in [-0.1, -0.05) is 6.07 Å². The molecule has 1 aromatic heterocycles. The molecule has 0 radical (unpaired) electrons. The Morgan fingerprint density at radius 2 is 1.91 bits per heavy atom. The average molecular weight is 437 g/mol. The van der Waals surface area contributed by atoms with Gasteiger partial charge in [0.15, 0.2) is 5.82 Å². The molecule has 2 aliphatic rings. The van der Waals surface area contributed by atoms with Crippen LogP contribution < -0.4 is 10.2 Å².